The highest BCUT2D eigenvalue weighted by Crippen LogP contribution is 2.37. The molecule has 6 heteroatoms. The molecule has 3 aromatic rings. The fraction of sp³-hybridized carbons (Fsp3) is 0.346. The number of likely N-dealkylation sites (tertiary alicyclic amines) is 1. The summed E-state index contributed by atoms with van der Waals surface area (Å²) in [6, 6.07) is 14.2. The minimum absolute atomic E-state index is 0.0223. The van der Waals surface area contributed by atoms with Crippen molar-refractivity contribution in [2.45, 2.75) is 26.2 Å². The lowest BCUT2D eigenvalue weighted by molar-refractivity contribution is -0.142. The van der Waals surface area contributed by atoms with Gasteiger partial charge in [-0.1, -0.05) is 30.3 Å². The van der Waals surface area contributed by atoms with Gasteiger partial charge in [-0.2, -0.15) is 0 Å². The fourth-order valence-corrected chi connectivity index (χ4v) is 5.37. The highest BCUT2D eigenvalue weighted by atomic mass is 32.1. The van der Waals surface area contributed by atoms with Gasteiger partial charge in [0.1, 0.15) is 0 Å². The van der Waals surface area contributed by atoms with E-state index in [-0.39, 0.29) is 11.8 Å². The van der Waals surface area contributed by atoms with Gasteiger partial charge in [-0.25, -0.2) is 0 Å². The van der Waals surface area contributed by atoms with Crippen LogP contribution in [0.2, 0.25) is 0 Å². The van der Waals surface area contributed by atoms with Crippen molar-refractivity contribution in [2.75, 3.05) is 27.2 Å². The average molecular weight is 448 g/mol. The minimum Gasteiger partial charge on any atom is -0.348 e. The van der Waals surface area contributed by atoms with Crippen molar-refractivity contribution in [3.63, 3.8) is 0 Å². The summed E-state index contributed by atoms with van der Waals surface area (Å²) in [6.07, 6.45) is 5.80. The van der Waals surface area contributed by atoms with Gasteiger partial charge in [-0.05, 0) is 55.0 Å². The molecule has 1 aliphatic heterocycles. The summed E-state index contributed by atoms with van der Waals surface area (Å²) in [5, 5.41) is 1.92. The van der Waals surface area contributed by atoms with E-state index in [1.807, 2.05) is 47.7 Å². The van der Waals surface area contributed by atoms with Gasteiger partial charge in [0.15, 0.2) is 0 Å². The molecule has 0 radical (unpaired) electrons. The van der Waals surface area contributed by atoms with Gasteiger partial charge in [0.05, 0.1) is 11.0 Å². The van der Waals surface area contributed by atoms with Gasteiger partial charge < -0.3 is 9.80 Å². The van der Waals surface area contributed by atoms with Crippen molar-refractivity contribution >= 4 is 23.2 Å². The van der Waals surface area contributed by atoms with E-state index >= 15 is 0 Å². The fourth-order valence-electron chi connectivity index (χ4n) is 4.70. The van der Waals surface area contributed by atoms with E-state index in [2.05, 4.69) is 23.2 Å². The Balaban J connectivity index is 1.64. The number of aryl methyl sites for hydroxylation is 1. The topological polar surface area (TPSA) is 53.5 Å². The monoisotopic (exact) mass is 447 g/mol. The molecule has 0 unspecified atom stereocenters. The van der Waals surface area contributed by atoms with E-state index in [9.17, 15) is 9.59 Å². The van der Waals surface area contributed by atoms with E-state index in [0.717, 1.165) is 40.0 Å². The zero-order valence-corrected chi connectivity index (χ0v) is 19.7. The van der Waals surface area contributed by atoms with Crippen LogP contribution in [0.1, 0.15) is 33.6 Å². The molecule has 1 saturated heterocycles. The highest BCUT2D eigenvalue weighted by molar-refractivity contribution is 7.10. The number of benzene rings is 1. The molecule has 5 nitrogen and oxygen atoms in total. The quantitative estimate of drug-likeness (QED) is 0.571. The van der Waals surface area contributed by atoms with Crippen LogP contribution < -0.4 is 0 Å². The maximum absolute atomic E-state index is 13.5. The number of carbonyl (C=O) groups is 2. The second-order valence-electron chi connectivity index (χ2n) is 8.88. The number of pyridine rings is 1. The van der Waals surface area contributed by atoms with Gasteiger partial charge >= 0.3 is 0 Å². The highest BCUT2D eigenvalue weighted by Gasteiger charge is 2.44. The average Bonchev–Trinajstić information content (AvgIpc) is 3.25. The number of amides is 2. The number of aromatic nitrogens is 1. The van der Waals surface area contributed by atoms with E-state index < -0.39 is 5.41 Å². The largest absolute Gasteiger partial charge is 0.348 e. The summed E-state index contributed by atoms with van der Waals surface area (Å²) in [4.78, 5) is 35.5. The van der Waals surface area contributed by atoms with Crippen LogP contribution in [0.5, 0.6) is 0 Å². The number of carbonyl (C=O) groups excluding carboxylic acids is 2. The van der Waals surface area contributed by atoms with Crippen molar-refractivity contribution in [3.8, 4) is 11.1 Å². The summed E-state index contributed by atoms with van der Waals surface area (Å²) in [6.45, 7) is 3.13. The first-order chi connectivity index (χ1) is 15.4. The first-order valence-corrected chi connectivity index (χ1v) is 11.8. The van der Waals surface area contributed by atoms with Crippen molar-refractivity contribution < 1.29 is 9.59 Å². The number of piperidine rings is 1. The van der Waals surface area contributed by atoms with E-state index in [1.54, 1.807) is 36.5 Å². The van der Waals surface area contributed by atoms with E-state index in [4.69, 9.17) is 0 Å². The molecule has 2 aromatic heterocycles. The molecule has 1 atom stereocenters. The molecule has 166 valence electrons. The Morgan fingerprint density at radius 1 is 1.16 bits per heavy atom. The standard InChI is InChI=1S/C26H29N3O2S/c1-19-13-23(17-32-19)24(30)29-12-6-10-26(18-29,25(31)28(2)3)15-20-7-4-8-21(14-20)22-9-5-11-27-16-22/h4-5,7-9,11,13-14,16-17H,6,10,12,15,18H2,1-3H3/t26-/m0/s1. The molecule has 1 fully saturated rings. The first-order valence-electron chi connectivity index (χ1n) is 10.9. The second-order valence-corrected chi connectivity index (χ2v) is 9.99. The molecule has 1 aliphatic rings. The molecule has 0 saturated carbocycles. The van der Waals surface area contributed by atoms with E-state index in [1.165, 1.54) is 0 Å². The summed E-state index contributed by atoms with van der Waals surface area (Å²) < 4.78 is 0. The first kappa shape index (κ1) is 22.2. The summed E-state index contributed by atoms with van der Waals surface area (Å²) in [5.74, 6) is 0.109. The van der Waals surface area contributed by atoms with Gasteiger partial charge in [0.2, 0.25) is 5.91 Å². The van der Waals surface area contributed by atoms with Crippen LogP contribution in [0.3, 0.4) is 0 Å². The molecule has 4 rings (SSSR count). The lowest BCUT2D eigenvalue weighted by Gasteiger charge is -2.43. The predicted molar refractivity (Wildman–Crippen MR) is 129 cm³/mol. The van der Waals surface area contributed by atoms with Crippen LogP contribution in [-0.2, 0) is 11.2 Å². The smallest absolute Gasteiger partial charge is 0.254 e. The van der Waals surface area contributed by atoms with Gasteiger partial charge in [-0.15, -0.1) is 11.3 Å². The number of hydrogen-bond donors (Lipinski definition) is 0. The third-order valence-corrected chi connectivity index (χ3v) is 7.03. The van der Waals surface area contributed by atoms with E-state index in [0.29, 0.717) is 19.5 Å². The van der Waals surface area contributed by atoms with Crippen LogP contribution in [0.15, 0.2) is 60.2 Å². The zero-order valence-electron chi connectivity index (χ0n) is 18.9. The van der Waals surface area contributed by atoms with Crippen molar-refractivity contribution in [1.82, 2.24) is 14.8 Å². The normalized spacial score (nSPS) is 18.4. The summed E-state index contributed by atoms with van der Waals surface area (Å²) in [7, 11) is 3.61. The van der Waals surface area contributed by atoms with Gasteiger partial charge in [0.25, 0.3) is 5.91 Å². The zero-order chi connectivity index (χ0) is 22.7. The molecule has 3 heterocycles. The molecule has 0 aliphatic carbocycles. The molecule has 1 aromatic carbocycles. The van der Waals surface area contributed by atoms with Crippen LogP contribution in [-0.4, -0.2) is 53.8 Å². The lowest BCUT2D eigenvalue weighted by Crippen LogP contribution is -2.54. The Morgan fingerprint density at radius 2 is 1.97 bits per heavy atom. The minimum atomic E-state index is -0.629. The molecular weight excluding hydrogens is 418 g/mol. The van der Waals surface area contributed by atoms with Gasteiger partial charge in [0, 0.05) is 49.8 Å². The Labute approximate surface area is 193 Å². The van der Waals surface area contributed by atoms with Gasteiger partial charge in [-0.3, -0.25) is 14.6 Å². The Morgan fingerprint density at radius 3 is 2.66 bits per heavy atom. The SMILES string of the molecule is Cc1cc(C(=O)N2CCC[C@@](Cc3cccc(-c4cccnc4)c3)(C(=O)N(C)C)C2)cs1. The number of nitrogens with zero attached hydrogens (tertiary/aromatic N) is 3. The molecule has 0 bridgehead atoms. The third-order valence-electron chi connectivity index (χ3n) is 6.17. The van der Waals surface area contributed by atoms with Crippen molar-refractivity contribution in [3.05, 3.63) is 76.2 Å². The number of thiophene rings is 1. The predicted octanol–water partition coefficient (Wildman–Crippen LogP) is 4.67. The van der Waals surface area contributed by atoms with Crippen molar-refractivity contribution in [2.24, 2.45) is 5.41 Å². The Hall–Kier alpha value is -2.99. The molecule has 2 amide bonds. The summed E-state index contributed by atoms with van der Waals surface area (Å²) in [5.41, 5.74) is 3.33. The van der Waals surface area contributed by atoms with Crippen LogP contribution >= 0.6 is 11.3 Å². The van der Waals surface area contributed by atoms with Crippen molar-refractivity contribution in [1.29, 1.82) is 0 Å². The van der Waals surface area contributed by atoms with Crippen LogP contribution in [0.25, 0.3) is 11.1 Å². The van der Waals surface area contributed by atoms with Crippen LogP contribution in [0, 0.1) is 12.3 Å². The van der Waals surface area contributed by atoms with Crippen LogP contribution in [0.4, 0.5) is 0 Å². The maximum atomic E-state index is 13.5. The maximum Gasteiger partial charge on any atom is 0.254 e. The Bertz CT molecular complexity index is 1110. The Kier molecular flexibility index (Phi) is 6.42. The number of hydrogen-bond acceptors (Lipinski definition) is 4. The molecule has 32 heavy (non-hydrogen) atoms. The lowest BCUT2D eigenvalue weighted by atomic mass is 9.73. The third kappa shape index (κ3) is 4.60. The molecule has 0 spiro atoms. The molecular formula is C26H29N3O2S. The number of rotatable bonds is 5. The second kappa shape index (κ2) is 9.25. The summed E-state index contributed by atoms with van der Waals surface area (Å²) >= 11 is 1.58. The molecule has 0 N–H and O–H groups in total.